The number of carbonyl (C=O) groups is 1. The van der Waals surface area contributed by atoms with Gasteiger partial charge in [-0.25, -0.2) is 4.79 Å². The first-order valence-corrected chi connectivity index (χ1v) is 6.55. The van der Waals surface area contributed by atoms with Gasteiger partial charge in [-0.15, -0.1) is 0 Å². The van der Waals surface area contributed by atoms with E-state index < -0.39 is 5.97 Å². The second kappa shape index (κ2) is 9.44. The number of allylic oxidation sites excluding steroid dienone is 1. The van der Waals surface area contributed by atoms with Gasteiger partial charge >= 0.3 is 5.97 Å². The number of unbranched alkanes of at least 4 members (excludes halogenated alkanes) is 4. The zero-order valence-corrected chi connectivity index (χ0v) is 11.0. The average Bonchev–Trinajstić information content (AvgIpc) is 2.26. The molecule has 0 aromatic rings. The lowest BCUT2D eigenvalue weighted by atomic mass is 9.98. The van der Waals surface area contributed by atoms with Crippen molar-refractivity contribution in [2.75, 3.05) is 0 Å². The molecule has 0 radical (unpaired) electrons. The maximum absolute atomic E-state index is 10.9. The Balaban J connectivity index is 4.04. The van der Waals surface area contributed by atoms with Gasteiger partial charge in [0.15, 0.2) is 0 Å². The van der Waals surface area contributed by atoms with Crippen LogP contribution in [0.1, 0.15) is 72.1 Å². The van der Waals surface area contributed by atoms with E-state index in [1.165, 1.54) is 25.7 Å². The van der Waals surface area contributed by atoms with E-state index in [9.17, 15) is 4.79 Å². The van der Waals surface area contributed by atoms with Crippen LogP contribution in [0.2, 0.25) is 0 Å². The minimum atomic E-state index is -0.753. The van der Waals surface area contributed by atoms with Crippen LogP contribution in [0, 0.1) is 0 Å². The van der Waals surface area contributed by atoms with Crippen molar-refractivity contribution in [1.82, 2.24) is 0 Å². The third kappa shape index (κ3) is 6.65. The molecule has 0 heterocycles. The van der Waals surface area contributed by atoms with Gasteiger partial charge in [-0.05, 0) is 26.2 Å². The highest BCUT2D eigenvalue weighted by Crippen LogP contribution is 2.19. The van der Waals surface area contributed by atoms with Gasteiger partial charge in [-0.1, -0.05) is 51.5 Å². The van der Waals surface area contributed by atoms with Crippen LogP contribution < -0.4 is 0 Å². The SMILES string of the molecule is CCCCCCCC(CCC)=C(C)C(=O)O. The fourth-order valence-electron chi connectivity index (χ4n) is 1.89. The molecule has 0 aromatic carbocycles. The largest absolute Gasteiger partial charge is 0.478 e. The number of carboxylic acid groups (broad SMARTS) is 1. The molecule has 94 valence electrons. The van der Waals surface area contributed by atoms with Crippen molar-refractivity contribution in [2.24, 2.45) is 0 Å². The maximum Gasteiger partial charge on any atom is 0.331 e. The molecule has 0 atom stereocenters. The topological polar surface area (TPSA) is 37.3 Å². The Morgan fingerprint density at radius 3 is 2.06 bits per heavy atom. The molecule has 1 N–H and O–H groups in total. The molecular weight excluding hydrogens is 200 g/mol. The molecule has 0 rings (SSSR count). The Labute approximate surface area is 99.7 Å². The number of hydrogen-bond acceptors (Lipinski definition) is 1. The summed E-state index contributed by atoms with van der Waals surface area (Å²) in [5.74, 6) is -0.753. The van der Waals surface area contributed by atoms with E-state index in [1.807, 2.05) is 0 Å². The molecule has 0 saturated carbocycles. The standard InChI is InChI=1S/C14H26O2/c1-4-6-7-8-9-11-13(10-5-2)12(3)14(15)16/h4-11H2,1-3H3,(H,15,16). The molecule has 0 aliphatic rings. The summed E-state index contributed by atoms with van der Waals surface area (Å²) in [4.78, 5) is 10.9. The smallest absolute Gasteiger partial charge is 0.331 e. The van der Waals surface area contributed by atoms with Gasteiger partial charge in [0, 0.05) is 5.57 Å². The Kier molecular flexibility index (Phi) is 8.97. The van der Waals surface area contributed by atoms with E-state index in [4.69, 9.17) is 5.11 Å². The highest BCUT2D eigenvalue weighted by Gasteiger charge is 2.08. The van der Waals surface area contributed by atoms with Crippen molar-refractivity contribution in [3.05, 3.63) is 11.1 Å². The zero-order valence-electron chi connectivity index (χ0n) is 11.0. The normalized spacial score (nSPS) is 12.4. The molecule has 0 unspecified atom stereocenters. The predicted octanol–water partition coefficient (Wildman–Crippen LogP) is 4.55. The average molecular weight is 226 g/mol. The van der Waals surface area contributed by atoms with E-state index >= 15 is 0 Å². The first kappa shape index (κ1) is 15.2. The highest BCUT2D eigenvalue weighted by molar-refractivity contribution is 5.86. The van der Waals surface area contributed by atoms with Crippen LogP contribution in [0.15, 0.2) is 11.1 Å². The number of carboxylic acids is 1. The van der Waals surface area contributed by atoms with Crippen LogP contribution in [0.3, 0.4) is 0 Å². The van der Waals surface area contributed by atoms with Gasteiger partial charge in [0.25, 0.3) is 0 Å². The van der Waals surface area contributed by atoms with Crippen molar-refractivity contribution in [1.29, 1.82) is 0 Å². The van der Waals surface area contributed by atoms with E-state index in [1.54, 1.807) is 6.92 Å². The summed E-state index contributed by atoms with van der Waals surface area (Å²) in [6.45, 7) is 6.04. The summed E-state index contributed by atoms with van der Waals surface area (Å²) in [5.41, 5.74) is 1.71. The van der Waals surface area contributed by atoms with Gasteiger partial charge in [0.05, 0.1) is 0 Å². The number of hydrogen-bond donors (Lipinski definition) is 1. The Hall–Kier alpha value is -0.790. The molecule has 0 fully saturated rings. The van der Waals surface area contributed by atoms with Crippen molar-refractivity contribution >= 4 is 5.97 Å². The van der Waals surface area contributed by atoms with Crippen molar-refractivity contribution in [2.45, 2.75) is 72.1 Å². The second-order valence-corrected chi connectivity index (χ2v) is 4.45. The lowest BCUT2D eigenvalue weighted by Crippen LogP contribution is -2.01. The van der Waals surface area contributed by atoms with Gasteiger partial charge in [0.2, 0.25) is 0 Å². The highest BCUT2D eigenvalue weighted by atomic mass is 16.4. The molecule has 0 saturated heterocycles. The number of rotatable bonds is 9. The van der Waals surface area contributed by atoms with E-state index in [-0.39, 0.29) is 0 Å². The molecule has 0 aromatic heterocycles. The molecule has 0 amide bonds. The molecular formula is C14H26O2. The fourth-order valence-corrected chi connectivity index (χ4v) is 1.89. The Morgan fingerprint density at radius 1 is 0.938 bits per heavy atom. The van der Waals surface area contributed by atoms with Gasteiger partial charge in [-0.2, -0.15) is 0 Å². The summed E-state index contributed by atoms with van der Waals surface area (Å²) in [7, 11) is 0. The van der Waals surface area contributed by atoms with Crippen LogP contribution >= 0.6 is 0 Å². The number of aliphatic carboxylic acids is 1. The summed E-state index contributed by atoms with van der Waals surface area (Å²) < 4.78 is 0. The molecule has 2 nitrogen and oxygen atoms in total. The Morgan fingerprint density at radius 2 is 1.56 bits per heavy atom. The first-order chi connectivity index (χ1) is 7.63. The first-order valence-electron chi connectivity index (χ1n) is 6.55. The summed E-state index contributed by atoms with van der Waals surface area (Å²) >= 11 is 0. The van der Waals surface area contributed by atoms with E-state index in [2.05, 4.69) is 13.8 Å². The van der Waals surface area contributed by atoms with Gasteiger partial charge < -0.3 is 5.11 Å². The monoisotopic (exact) mass is 226 g/mol. The third-order valence-electron chi connectivity index (χ3n) is 2.99. The zero-order chi connectivity index (χ0) is 12.4. The summed E-state index contributed by atoms with van der Waals surface area (Å²) in [6, 6.07) is 0. The predicted molar refractivity (Wildman–Crippen MR) is 68.6 cm³/mol. The van der Waals surface area contributed by atoms with Crippen LogP contribution in [-0.2, 0) is 4.79 Å². The molecule has 0 aliphatic carbocycles. The molecule has 2 heteroatoms. The van der Waals surface area contributed by atoms with E-state index in [0.717, 1.165) is 31.3 Å². The lowest BCUT2D eigenvalue weighted by molar-refractivity contribution is -0.132. The molecule has 0 spiro atoms. The van der Waals surface area contributed by atoms with Crippen molar-refractivity contribution < 1.29 is 9.90 Å². The quantitative estimate of drug-likeness (QED) is 0.462. The van der Waals surface area contributed by atoms with Crippen LogP contribution in [-0.4, -0.2) is 11.1 Å². The Bertz CT molecular complexity index is 229. The second-order valence-electron chi connectivity index (χ2n) is 4.45. The molecule has 0 bridgehead atoms. The third-order valence-corrected chi connectivity index (χ3v) is 2.99. The van der Waals surface area contributed by atoms with E-state index in [0.29, 0.717) is 5.57 Å². The van der Waals surface area contributed by atoms with Crippen molar-refractivity contribution in [3.63, 3.8) is 0 Å². The minimum absolute atomic E-state index is 0.567. The summed E-state index contributed by atoms with van der Waals surface area (Å²) in [5, 5.41) is 8.96. The van der Waals surface area contributed by atoms with Crippen LogP contribution in [0.4, 0.5) is 0 Å². The fraction of sp³-hybridized carbons (Fsp3) is 0.786. The van der Waals surface area contributed by atoms with Gasteiger partial charge in [0.1, 0.15) is 0 Å². The lowest BCUT2D eigenvalue weighted by Gasteiger charge is -2.08. The minimum Gasteiger partial charge on any atom is -0.478 e. The maximum atomic E-state index is 10.9. The molecule has 16 heavy (non-hydrogen) atoms. The van der Waals surface area contributed by atoms with Crippen LogP contribution in [0.25, 0.3) is 0 Å². The van der Waals surface area contributed by atoms with Crippen molar-refractivity contribution in [3.8, 4) is 0 Å². The summed E-state index contributed by atoms with van der Waals surface area (Å²) in [6.07, 6.45) is 9.14. The molecule has 0 aliphatic heterocycles. The van der Waals surface area contributed by atoms with Gasteiger partial charge in [-0.3, -0.25) is 0 Å². The van der Waals surface area contributed by atoms with Crippen LogP contribution in [0.5, 0.6) is 0 Å².